The van der Waals surface area contributed by atoms with E-state index >= 15 is 0 Å². The van der Waals surface area contributed by atoms with E-state index in [1.165, 1.54) is 6.92 Å². The van der Waals surface area contributed by atoms with Gasteiger partial charge in [-0.1, -0.05) is 19.9 Å². The summed E-state index contributed by atoms with van der Waals surface area (Å²) in [5, 5.41) is -6.50. The van der Waals surface area contributed by atoms with Crippen molar-refractivity contribution in [1.29, 1.82) is 0 Å². The van der Waals surface area contributed by atoms with Gasteiger partial charge in [-0.05, 0) is 13.3 Å². The van der Waals surface area contributed by atoms with Crippen LogP contribution >= 0.6 is 0 Å². The van der Waals surface area contributed by atoms with E-state index in [1.807, 2.05) is 0 Å². The van der Waals surface area contributed by atoms with E-state index in [0.717, 1.165) is 6.92 Å². The highest BCUT2D eigenvalue weighted by molar-refractivity contribution is 7.90. The Morgan fingerprint density at radius 1 is 1.12 bits per heavy atom. The van der Waals surface area contributed by atoms with Crippen LogP contribution in [-0.2, 0) is 19.6 Å². The maximum atomic E-state index is 13.6. The second kappa shape index (κ2) is 7.89. The summed E-state index contributed by atoms with van der Waals surface area (Å²) in [5.74, 6) is -8.08. The molecule has 25 heavy (non-hydrogen) atoms. The lowest BCUT2D eigenvalue weighted by atomic mass is 10.3. The van der Waals surface area contributed by atoms with Crippen LogP contribution < -0.4 is 0 Å². The van der Waals surface area contributed by atoms with Gasteiger partial charge in [0, 0.05) is 12.1 Å². The average Bonchev–Trinajstić information content (AvgIpc) is 2.44. The van der Waals surface area contributed by atoms with E-state index in [2.05, 4.69) is 11.3 Å². The van der Waals surface area contributed by atoms with Crippen LogP contribution in [0.5, 0.6) is 0 Å². The van der Waals surface area contributed by atoms with Crippen LogP contribution in [0.1, 0.15) is 26.7 Å². The lowest BCUT2D eigenvalue weighted by molar-refractivity contribution is -0.332. The van der Waals surface area contributed by atoms with Crippen LogP contribution in [0.15, 0.2) is 12.2 Å². The van der Waals surface area contributed by atoms with E-state index in [4.69, 9.17) is 0 Å². The summed E-state index contributed by atoms with van der Waals surface area (Å²) in [4.78, 5) is 11.2. The number of carbonyl (C=O) groups is 1. The molecule has 0 aromatic rings. The van der Waals surface area contributed by atoms with Crippen LogP contribution in [-0.4, -0.2) is 49.3 Å². The van der Waals surface area contributed by atoms with Crippen LogP contribution in [0.4, 0.5) is 30.7 Å². The summed E-state index contributed by atoms with van der Waals surface area (Å²) < 4.78 is 117. The number of nitrogens with zero attached hydrogens (tertiary/aromatic N) is 1. The Balaban J connectivity index is 5.80. The third-order valence-electron chi connectivity index (χ3n) is 2.83. The van der Waals surface area contributed by atoms with Gasteiger partial charge in [-0.25, -0.2) is 13.2 Å². The zero-order valence-corrected chi connectivity index (χ0v) is 14.0. The lowest BCUT2D eigenvalue weighted by Gasteiger charge is -2.32. The first-order valence-corrected chi connectivity index (χ1v) is 8.12. The normalized spacial score (nSPS) is 13.8. The van der Waals surface area contributed by atoms with Gasteiger partial charge in [0.05, 0.1) is 0 Å². The maximum Gasteiger partial charge on any atom is 0.461 e. The Hall–Kier alpha value is -1.37. The fourth-order valence-corrected chi connectivity index (χ4v) is 2.66. The molecule has 0 aromatic carbocycles. The van der Waals surface area contributed by atoms with E-state index in [9.17, 15) is 43.9 Å². The van der Waals surface area contributed by atoms with Gasteiger partial charge in [-0.15, -0.1) is 0 Å². The first-order valence-electron chi connectivity index (χ1n) is 6.68. The lowest BCUT2D eigenvalue weighted by Crippen LogP contribution is -2.60. The summed E-state index contributed by atoms with van der Waals surface area (Å²) >= 11 is 0. The molecule has 0 rings (SSSR count). The molecule has 0 bridgehead atoms. The number of halogens is 7. The van der Waals surface area contributed by atoms with Crippen LogP contribution in [0.2, 0.25) is 0 Å². The molecule has 0 spiro atoms. The number of rotatable bonds is 9. The Morgan fingerprint density at radius 3 is 1.96 bits per heavy atom. The third-order valence-corrected chi connectivity index (χ3v) is 4.71. The number of alkyl halides is 7. The molecular formula is C12H16F7NO4S. The minimum absolute atomic E-state index is 0.155. The first-order chi connectivity index (χ1) is 11.0. The highest BCUT2D eigenvalue weighted by atomic mass is 32.2. The molecule has 0 saturated heterocycles. The SMILES string of the molecule is C=C(C)C(=O)OCN(CCCC)S(=O)(=O)C(F)(F)C(F)(F)C(F)(F)F. The standard InChI is InChI=1S/C12H16F7NO4S/c1-4-5-6-20(7-24-9(21)8(2)3)25(22,23)12(18,19)10(13,14)11(15,16)17/h2,4-7H2,1,3H3. The highest BCUT2D eigenvalue weighted by Gasteiger charge is 2.79. The minimum Gasteiger partial charge on any atom is -0.445 e. The van der Waals surface area contributed by atoms with E-state index in [1.54, 1.807) is 0 Å². The Kier molecular flexibility index (Phi) is 7.46. The molecular weight excluding hydrogens is 387 g/mol. The zero-order valence-electron chi connectivity index (χ0n) is 13.2. The quantitative estimate of drug-likeness (QED) is 0.257. The molecule has 0 heterocycles. The molecule has 148 valence electrons. The Labute approximate surface area is 139 Å². The summed E-state index contributed by atoms with van der Waals surface area (Å²) in [5.41, 5.74) is -0.264. The monoisotopic (exact) mass is 403 g/mol. The number of unbranched alkanes of at least 4 members (excludes halogenated alkanes) is 1. The molecule has 0 fully saturated rings. The first kappa shape index (κ1) is 23.6. The Bertz CT molecular complexity index is 601. The zero-order chi connectivity index (χ0) is 20.3. The number of esters is 1. The molecule has 0 unspecified atom stereocenters. The van der Waals surface area contributed by atoms with Crippen LogP contribution in [0.3, 0.4) is 0 Å². The molecule has 0 amide bonds. The number of sulfonamides is 1. The summed E-state index contributed by atoms with van der Waals surface area (Å²) in [7, 11) is -6.51. The summed E-state index contributed by atoms with van der Waals surface area (Å²) in [6.07, 6.45) is -6.77. The summed E-state index contributed by atoms with van der Waals surface area (Å²) in [6.45, 7) is 3.41. The van der Waals surface area contributed by atoms with Crippen molar-refractivity contribution in [1.82, 2.24) is 4.31 Å². The van der Waals surface area contributed by atoms with Crippen LogP contribution in [0, 0.1) is 0 Å². The van der Waals surface area contributed by atoms with E-state index in [-0.39, 0.29) is 18.4 Å². The third kappa shape index (κ3) is 4.84. The fourth-order valence-electron chi connectivity index (χ4n) is 1.33. The summed E-state index contributed by atoms with van der Waals surface area (Å²) in [6, 6.07) is 0. The number of hydrogen-bond donors (Lipinski definition) is 0. The molecule has 0 aromatic heterocycles. The fraction of sp³-hybridized carbons (Fsp3) is 0.750. The van der Waals surface area contributed by atoms with Crippen molar-refractivity contribution in [3.8, 4) is 0 Å². The molecule has 13 heteroatoms. The van der Waals surface area contributed by atoms with Gasteiger partial charge in [0.1, 0.15) is 0 Å². The van der Waals surface area contributed by atoms with Gasteiger partial charge in [-0.3, -0.25) is 0 Å². The van der Waals surface area contributed by atoms with Crippen molar-refractivity contribution >= 4 is 16.0 Å². The number of ether oxygens (including phenoxy) is 1. The van der Waals surface area contributed by atoms with Gasteiger partial charge in [-0.2, -0.15) is 35.0 Å². The second-order valence-corrected chi connectivity index (χ2v) is 6.94. The second-order valence-electron chi connectivity index (χ2n) is 4.96. The molecule has 5 nitrogen and oxygen atoms in total. The molecule has 0 radical (unpaired) electrons. The van der Waals surface area contributed by atoms with Crippen molar-refractivity contribution in [3.63, 3.8) is 0 Å². The number of carbonyl (C=O) groups excluding carboxylic acids is 1. The highest BCUT2D eigenvalue weighted by Crippen LogP contribution is 2.49. The van der Waals surface area contributed by atoms with Gasteiger partial charge in [0.2, 0.25) is 0 Å². The molecule has 0 aliphatic carbocycles. The smallest absolute Gasteiger partial charge is 0.445 e. The van der Waals surface area contributed by atoms with Gasteiger partial charge in [0.15, 0.2) is 6.73 Å². The largest absolute Gasteiger partial charge is 0.461 e. The van der Waals surface area contributed by atoms with Crippen molar-refractivity contribution < 1.29 is 48.7 Å². The predicted octanol–water partition coefficient (Wildman–Crippen LogP) is 3.29. The Morgan fingerprint density at radius 2 is 1.60 bits per heavy atom. The van der Waals surface area contributed by atoms with E-state index in [0.29, 0.717) is 0 Å². The maximum absolute atomic E-state index is 13.6. The van der Waals surface area contributed by atoms with Crippen LogP contribution in [0.25, 0.3) is 0 Å². The average molecular weight is 403 g/mol. The molecule has 0 aliphatic heterocycles. The topological polar surface area (TPSA) is 63.7 Å². The minimum atomic E-state index is -6.85. The molecule has 0 atom stereocenters. The van der Waals surface area contributed by atoms with Gasteiger partial charge in [0.25, 0.3) is 10.0 Å². The predicted molar refractivity (Wildman–Crippen MR) is 72.3 cm³/mol. The molecule has 0 aliphatic rings. The molecule has 0 saturated carbocycles. The van der Waals surface area contributed by atoms with Crippen molar-refractivity contribution in [2.24, 2.45) is 0 Å². The van der Waals surface area contributed by atoms with E-state index < -0.39 is 50.9 Å². The van der Waals surface area contributed by atoms with Gasteiger partial charge < -0.3 is 4.74 Å². The van der Waals surface area contributed by atoms with Crippen molar-refractivity contribution in [3.05, 3.63) is 12.2 Å². The number of hydrogen-bond acceptors (Lipinski definition) is 4. The van der Waals surface area contributed by atoms with Gasteiger partial charge >= 0.3 is 23.3 Å². The molecule has 0 N–H and O–H groups in total. The van der Waals surface area contributed by atoms with Crippen molar-refractivity contribution in [2.75, 3.05) is 13.3 Å². The van der Waals surface area contributed by atoms with Crippen molar-refractivity contribution in [2.45, 2.75) is 44.0 Å².